The molecule has 0 heterocycles. The fourth-order valence-electron chi connectivity index (χ4n) is 0.118. The molecule has 0 bridgehead atoms. The number of rotatable bonds is 2. The van der Waals surface area contributed by atoms with Gasteiger partial charge in [0.25, 0.3) is 0 Å². The van der Waals surface area contributed by atoms with Crippen molar-refractivity contribution in [2.24, 2.45) is 0 Å². The van der Waals surface area contributed by atoms with Crippen LogP contribution in [-0.2, 0) is 0 Å². The molecule has 6 heavy (non-hydrogen) atoms. The number of halogens is 2. The molecule has 0 amide bonds. The van der Waals surface area contributed by atoms with Gasteiger partial charge in [-0.25, -0.2) is 0 Å². The molecule has 0 saturated heterocycles. The van der Waals surface area contributed by atoms with Crippen molar-refractivity contribution in [2.45, 2.75) is 10.3 Å². The van der Waals surface area contributed by atoms with Crippen LogP contribution < -0.4 is 0 Å². The molecule has 1 unspecified atom stereocenters. The van der Waals surface area contributed by atoms with Gasteiger partial charge in [-0.15, -0.1) is 0 Å². The number of hydrogen-bond acceptors (Lipinski definition) is 0. The van der Waals surface area contributed by atoms with Crippen LogP contribution in [-0.4, -0.2) is 8.35 Å². The SMILES string of the molecule is [CH2]C(I)CCI. The molecule has 37 valence electrons. The minimum atomic E-state index is 0.611. The summed E-state index contributed by atoms with van der Waals surface area (Å²) in [6.07, 6.45) is 1.24. The first-order valence-corrected chi connectivity index (χ1v) is 4.57. The lowest BCUT2D eigenvalue weighted by molar-refractivity contribution is 1.04. The molecule has 2 heteroatoms. The zero-order chi connectivity index (χ0) is 4.99. The summed E-state index contributed by atoms with van der Waals surface area (Å²) in [4.78, 5) is 0. The van der Waals surface area contributed by atoms with Crippen LogP contribution in [0.4, 0.5) is 0 Å². The van der Waals surface area contributed by atoms with Gasteiger partial charge in [-0.2, -0.15) is 0 Å². The van der Waals surface area contributed by atoms with E-state index in [-0.39, 0.29) is 0 Å². The van der Waals surface area contributed by atoms with Crippen LogP contribution in [0.3, 0.4) is 0 Å². The fourth-order valence-corrected chi connectivity index (χ4v) is 2.37. The second-order valence-electron chi connectivity index (χ2n) is 1.07. The molecule has 0 spiro atoms. The van der Waals surface area contributed by atoms with Gasteiger partial charge in [0.15, 0.2) is 0 Å². The van der Waals surface area contributed by atoms with E-state index in [9.17, 15) is 0 Å². The maximum absolute atomic E-state index is 3.81. The van der Waals surface area contributed by atoms with E-state index in [2.05, 4.69) is 52.1 Å². The fraction of sp³-hybridized carbons (Fsp3) is 0.750. The molecule has 0 saturated carbocycles. The lowest BCUT2D eigenvalue weighted by atomic mass is 10.4. The van der Waals surface area contributed by atoms with Gasteiger partial charge in [0, 0.05) is 8.35 Å². The van der Waals surface area contributed by atoms with E-state index in [0.717, 1.165) is 0 Å². The first kappa shape index (κ1) is 7.46. The Morgan fingerprint density at radius 2 is 2.17 bits per heavy atom. The van der Waals surface area contributed by atoms with Crippen LogP contribution in [0.2, 0.25) is 0 Å². The second-order valence-corrected chi connectivity index (χ2v) is 3.92. The lowest BCUT2D eigenvalue weighted by Crippen LogP contribution is -1.87. The van der Waals surface area contributed by atoms with Crippen molar-refractivity contribution in [3.63, 3.8) is 0 Å². The average Bonchev–Trinajstić information content (AvgIpc) is 1.35. The quantitative estimate of drug-likeness (QED) is 0.543. The van der Waals surface area contributed by atoms with Crippen molar-refractivity contribution in [3.05, 3.63) is 6.92 Å². The van der Waals surface area contributed by atoms with Crippen LogP contribution in [0.1, 0.15) is 6.42 Å². The van der Waals surface area contributed by atoms with E-state index in [1.54, 1.807) is 0 Å². The van der Waals surface area contributed by atoms with Crippen LogP contribution in [0.5, 0.6) is 0 Å². The Morgan fingerprint density at radius 1 is 1.67 bits per heavy atom. The van der Waals surface area contributed by atoms with Gasteiger partial charge >= 0.3 is 0 Å². The molecule has 0 nitrogen and oxygen atoms in total. The van der Waals surface area contributed by atoms with E-state index in [1.807, 2.05) is 0 Å². The molecule has 0 aliphatic carbocycles. The molecule has 0 aliphatic heterocycles. The van der Waals surface area contributed by atoms with E-state index in [4.69, 9.17) is 0 Å². The Hall–Kier alpha value is 1.46. The molecular weight excluding hydrogens is 302 g/mol. The minimum Gasteiger partial charge on any atom is -0.0863 e. The van der Waals surface area contributed by atoms with E-state index in [1.165, 1.54) is 10.8 Å². The Balaban J connectivity index is 2.63. The molecule has 0 rings (SSSR count). The summed E-state index contributed by atoms with van der Waals surface area (Å²) in [5.41, 5.74) is 0. The lowest BCUT2D eigenvalue weighted by Gasteiger charge is -1.92. The molecule has 0 aromatic heterocycles. The standard InChI is InChI=1S/C4H7I2/c1-4(6)2-3-5/h4H,1-3H2. The minimum absolute atomic E-state index is 0.611. The van der Waals surface area contributed by atoms with E-state index >= 15 is 0 Å². The van der Waals surface area contributed by atoms with Gasteiger partial charge in [0.1, 0.15) is 0 Å². The predicted octanol–water partition coefficient (Wildman–Crippen LogP) is 2.45. The van der Waals surface area contributed by atoms with Gasteiger partial charge < -0.3 is 0 Å². The summed E-state index contributed by atoms with van der Waals surface area (Å²) in [7, 11) is 0. The predicted molar refractivity (Wildman–Crippen MR) is 46.7 cm³/mol. The molecule has 0 N–H and O–H groups in total. The summed E-state index contributed by atoms with van der Waals surface area (Å²) in [6, 6.07) is 0. The molecular formula is C4H7I2. The molecule has 0 aromatic rings. The zero-order valence-corrected chi connectivity index (χ0v) is 7.77. The van der Waals surface area contributed by atoms with Crippen LogP contribution in [0, 0.1) is 6.92 Å². The zero-order valence-electron chi connectivity index (χ0n) is 3.45. The number of alkyl halides is 2. The second kappa shape index (κ2) is 4.61. The highest BCUT2D eigenvalue weighted by atomic mass is 127. The normalized spacial score (nSPS) is 14.5. The monoisotopic (exact) mass is 309 g/mol. The Morgan fingerprint density at radius 3 is 2.17 bits per heavy atom. The first-order chi connectivity index (χ1) is 2.77. The molecule has 0 aliphatic rings. The van der Waals surface area contributed by atoms with E-state index in [0.29, 0.717) is 3.92 Å². The molecule has 1 atom stereocenters. The van der Waals surface area contributed by atoms with Crippen molar-refractivity contribution in [1.29, 1.82) is 0 Å². The third kappa shape index (κ3) is 5.46. The maximum Gasteiger partial charge on any atom is 0.0117 e. The summed E-state index contributed by atoms with van der Waals surface area (Å²) in [5.74, 6) is 0. The maximum atomic E-state index is 3.81. The van der Waals surface area contributed by atoms with Crippen molar-refractivity contribution in [2.75, 3.05) is 4.43 Å². The van der Waals surface area contributed by atoms with Crippen LogP contribution in [0.25, 0.3) is 0 Å². The van der Waals surface area contributed by atoms with Gasteiger partial charge in [-0.05, 0) is 13.3 Å². The molecule has 0 fully saturated rings. The Labute approximate surface area is 66.4 Å². The van der Waals surface area contributed by atoms with Crippen molar-refractivity contribution >= 4 is 45.2 Å². The van der Waals surface area contributed by atoms with Gasteiger partial charge in [0.2, 0.25) is 0 Å². The first-order valence-electron chi connectivity index (χ1n) is 1.80. The topological polar surface area (TPSA) is 0 Å². The van der Waals surface area contributed by atoms with Crippen LogP contribution >= 0.6 is 45.2 Å². The Bertz CT molecular complexity index is 26.7. The van der Waals surface area contributed by atoms with E-state index < -0.39 is 0 Å². The molecule has 1 radical (unpaired) electrons. The summed E-state index contributed by atoms with van der Waals surface area (Å²) < 4.78 is 1.84. The summed E-state index contributed by atoms with van der Waals surface area (Å²) in [5, 5.41) is 0. The summed E-state index contributed by atoms with van der Waals surface area (Å²) in [6.45, 7) is 3.81. The third-order valence-corrected chi connectivity index (χ3v) is 1.67. The highest BCUT2D eigenvalue weighted by Gasteiger charge is 1.89. The smallest absolute Gasteiger partial charge is 0.0117 e. The average molecular weight is 309 g/mol. The number of hydrogen-bond donors (Lipinski definition) is 0. The van der Waals surface area contributed by atoms with Gasteiger partial charge in [-0.3, -0.25) is 0 Å². The Kier molecular flexibility index (Phi) is 5.74. The van der Waals surface area contributed by atoms with Gasteiger partial charge in [-0.1, -0.05) is 45.2 Å². The van der Waals surface area contributed by atoms with Crippen molar-refractivity contribution in [1.82, 2.24) is 0 Å². The molecule has 0 aromatic carbocycles. The van der Waals surface area contributed by atoms with Crippen molar-refractivity contribution < 1.29 is 0 Å². The highest BCUT2D eigenvalue weighted by Crippen LogP contribution is 2.04. The van der Waals surface area contributed by atoms with Crippen LogP contribution in [0.15, 0.2) is 0 Å². The van der Waals surface area contributed by atoms with Crippen molar-refractivity contribution in [3.8, 4) is 0 Å². The third-order valence-electron chi connectivity index (χ3n) is 0.422. The highest BCUT2D eigenvalue weighted by molar-refractivity contribution is 14.1. The summed E-state index contributed by atoms with van der Waals surface area (Å²) >= 11 is 4.68. The largest absolute Gasteiger partial charge is 0.0863 e. The van der Waals surface area contributed by atoms with Gasteiger partial charge in [0.05, 0.1) is 0 Å².